The van der Waals surface area contributed by atoms with E-state index in [0.717, 1.165) is 32.9 Å². The SMILES string of the molecule is CCNC(c1cc(Cl)cc(Br)c1)c1ccccc1OCC. The van der Waals surface area contributed by atoms with Gasteiger partial charge in [0.25, 0.3) is 0 Å². The minimum atomic E-state index is 0.0488. The first-order valence-corrected chi connectivity index (χ1v) is 8.23. The van der Waals surface area contributed by atoms with Gasteiger partial charge in [0.1, 0.15) is 5.75 Å². The Morgan fingerprint density at radius 3 is 2.62 bits per heavy atom. The number of hydrogen-bond donors (Lipinski definition) is 1. The summed E-state index contributed by atoms with van der Waals surface area (Å²) >= 11 is 9.70. The summed E-state index contributed by atoms with van der Waals surface area (Å²) in [5.74, 6) is 0.905. The van der Waals surface area contributed by atoms with Crippen LogP contribution in [0, 0.1) is 0 Å². The predicted molar refractivity (Wildman–Crippen MR) is 92.3 cm³/mol. The molecule has 1 N–H and O–H groups in total. The minimum absolute atomic E-state index is 0.0488. The second-order valence-electron chi connectivity index (χ2n) is 4.66. The Morgan fingerprint density at radius 2 is 1.95 bits per heavy atom. The third-order valence-corrected chi connectivity index (χ3v) is 3.83. The molecule has 0 fully saturated rings. The minimum Gasteiger partial charge on any atom is -0.494 e. The van der Waals surface area contributed by atoms with Crippen LogP contribution >= 0.6 is 27.5 Å². The van der Waals surface area contributed by atoms with Crippen LogP contribution in [0.4, 0.5) is 0 Å². The predicted octanol–water partition coefficient (Wildman–Crippen LogP) is 5.20. The van der Waals surface area contributed by atoms with E-state index in [9.17, 15) is 0 Å². The molecule has 0 bridgehead atoms. The molecule has 0 spiro atoms. The lowest BCUT2D eigenvalue weighted by Crippen LogP contribution is -2.22. The molecular formula is C17H19BrClNO. The van der Waals surface area contributed by atoms with Crippen LogP contribution in [0.15, 0.2) is 46.9 Å². The van der Waals surface area contributed by atoms with Crippen molar-refractivity contribution < 1.29 is 4.74 Å². The molecule has 2 aromatic carbocycles. The molecule has 1 atom stereocenters. The summed E-state index contributed by atoms with van der Waals surface area (Å²) in [5, 5.41) is 4.23. The maximum Gasteiger partial charge on any atom is 0.124 e. The van der Waals surface area contributed by atoms with E-state index in [1.54, 1.807) is 0 Å². The van der Waals surface area contributed by atoms with E-state index in [1.807, 2.05) is 37.3 Å². The normalized spacial score (nSPS) is 12.2. The summed E-state index contributed by atoms with van der Waals surface area (Å²) in [4.78, 5) is 0. The van der Waals surface area contributed by atoms with Gasteiger partial charge >= 0.3 is 0 Å². The highest BCUT2D eigenvalue weighted by atomic mass is 79.9. The Hall–Kier alpha value is -1.03. The molecule has 2 rings (SSSR count). The third-order valence-electron chi connectivity index (χ3n) is 3.16. The highest BCUT2D eigenvalue weighted by molar-refractivity contribution is 9.10. The van der Waals surface area contributed by atoms with Crippen LogP contribution in [-0.4, -0.2) is 13.2 Å². The van der Waals surface area contributed by atoms with E-state index in [-0.39, 0.29) is 6.04 Å². The number of nitrogens with one attached hydrogen (secondary N) is 1. The average Bonchev–Trinajstić information content (AvgIpc) is 2.45. The lowest BCUT2D eigenvalue weighted by atomic mass is 9.97. The van der Waals surface area contributed by atoms with Crippen molar-refractivity contribution in [3.8, 4) is 5.75 Å². The molecule has 0 aliphatic heterocycles. The number of para-hydroxylation sites is 1. The van der Waals surface area contributed by atoms with Gasteiger partial charge in [-0.2, -0.15) is 0 Å². The smallest absolute Gasteiger partial charge is 0.124 e. The molecule has 0 radical (unpaired) electrons. The summed E-state index contributed by atoms with van der Waals surface area (Å²) in [5.41, 5.74) is 2.23. The van der Waals surface area contributed by atoms with Crippen LogP contribution < -0.4 is 10.1 Å². The molecule has 0 aromatic heterocycles. The van der Waals surface area contributed by atoms with Crippen molar-refractivity contribution in [1.29, 1.82) is 0 Å². The molecule has 0 amide bonds. The Kier molecular flexibility index (Phi) is 6.09. The van der Waals surface area contributed by atoms with Gasteiger partial charge in [-0.1, -0.05) is 52.7 Å². The summed E-state index contributed by atoms with van der Waals surface area (Å²) in [6.07, 6.45) is 0. The van der Waals surface area contributed by atoms with Gasteiger partial charge in [0.2, 0.25) is 0 Å². The Bertz CT molecular complexity index is 583. The molecule has 2 aromatic rings. The van der Waals surface area contributed by atoms with E-state index >= 15 is 0 Å². The number of benzene rings is 2. The lowest BCUT2D eigenvalue weighted by molar-refractivity contribution is 0.333. The molecule has 2 nitrogen and oxygen atoms in total. The first-order valence-electron chi connectivity index (χ1n) is 7.06. The molecule has 21 heavy (non-hydrogen) atoms. The van der Waals surface area contributed by atoms with Gasteiger partial charge < -0.3 is 10.1 Å². The second-order valence-corrected chi connectivity index (χ2v) is 6.02. The van der Waals surface area contributed by atoms with E-state index in [1.165, 1.54) is 0 Å². The summed E-state index contributed by atoms with van der Waals surface area (Å²) in [6, 6.07) is 14.1. The lowest BCUT2D eigenvalue weighted by Gasteiger charge is -2.22. The van der Waals surface area contributed by atoms with Crippen molar-refractivity contribution >= 4 is 27.5 Å². The summed E-state index contributed by atoms with van der Waals surface area (Å²) in [6.45, 7) is 5.59. The maximum absolute atomic E-state index is 6.19. The van der Waals surface area contributed by atoms with E-state index < -0.39 is 0 Å². The molecule has 0 saturated heterocycles. The van der Waals surface area contributed by atoms with Crippen molar-refractivity contribution in [3.05, 3.63) is 63.1 Å². The molecule has 112 valence electrons. The van der Waals surface area contributed by atoms with Gasteiger partial charge in [-0.3, -0.25) is 0 Å². The van der Waals surface area contributed by atoms with Gasteiger partial charge in [0.15, 0.2) is 0 Å². The van der Waals surface area contributed by atoms with Crippen LogP contribution in [0.1, 0.15) is 31.0 Å². The standard InChI is InChI=1S/C17H19BrClNO/c1-3-20-17(12-9-13(18)11-14(19)10-12)15-7-5-6-8-16(15)21-4-2/h5-11,17,20H,3-4H2,1-2H3. The number of rotatable bonds is 6. The summed E-state index contributed by atoms with van der Waals surface area (Å²) < 4.78 is 6.74. The van der Waals surface area contributed by atoms with Crippen LogP contribution in [0.5, 0.6) is 5.75 Å². The highest BCUT2D eigenvalue weighted by Gasteiger charge is 2.18. The van der Waals surface area contributed by atoms with Crippen LogP contribution in [0.2, 0.25) is 5.02 Å². The van der Waals surface area contributed by atoms with Crippen molar-refractivity contribution in [1.82, 2.24) is 5.32 Å². The fourth-order valence-corrected chi connectivity index (χ4v) is 3.25. The Balaban J connectivity index is 2.48. The van der Waals surface area contributed by atoms with Crippen molar-refractivity contribution in [2.45, 2.75) is 19.9 Å². The van der Waals surface area contributed by atoms with Gasteiger partial charge in [-0.15, -0.1) is 0 Å². The number of ether oxygens (including phenoxy) is 1. The van der Waals surface area contributed by atoms with Crippen molar-refractivity contribution in [3.63, 3.8) is 0 Å². The zero-order chi connectivity index (χ0) is 15.2. The molecule has 0 heterocycles. The van der Waals surface area contributed by atoms with Gasteiger partial charge in [-0.05, 0) is 43.3 Å². The van der Waals surface area contributed by atoms with Crippen molar-refractivity contribution in [2.75, 3.05) is 13.2 Å². The van der Waals surface area contributed by atoms with E-state index in [4.69, 9.17) is 16.3 Å². The molecule has 1 unspecified atom stereocenters. The van der Waals surface area contributed by atoms with Gasteiger partial charge in [-0.25, -0.2) is 0 Å². The monoisotopic (exact) mass is 367 g/mol. The highest BCUT2D eigenvalue weighted by Crippen LogP contribution is 2.32. The van der Waals surface area contributed by atoms with Crippen LogP contribution in [0.25, 0.3) is 0 Å². The third kappa shape index (κ3) is 4.22. The zero-order valence-electron chi connectivity index (χ0n) is 12.2. The Labute approximate surface area is 139 Å². The van der Waals surface area contributed by atoms with Crippen LogP contribution in [-0.2, 0) is 0 Å². The summed E-state index contributed by atoms with van der Waals surface area (Å²) in [7, 11) is 0. The van der Waals surface area contributed by atoms with Gasteiger partial charge in [0.05, 0.1) is 12.6 Å². The zero-order valence-corrected chi connectivity index (χ0v) is 14.5. The van der Waals surface area contributed by atoms with Crippen molar-refractivity contribution in [2.24, 2.45) is 0 Å². The molecule has 0 aliphatic carbocycles. The largest absolute Gasteiger partial charge is 0.494 e. The number of halogens is 2. The fourth-order valence-electron chi connectivity index (χ4n) is 2.36. The van der Waals surface area contributed by atoms with Gasteiger partial charge in [0, 0.05) is 15.1 Å². The molecular weight excluding hydrogens is 350 g/mol. The van der Waals surface area contributed by atoms with E-state index in [0.29, 0.717) is 6.61 Å². The first kappa shape index (κ1) is 16.3. The maximum atomic E-state index is 6.19. The van der Waals surface area contributed by atoms with Crippen LogP contribution in [0.3, 0.4) is 0 Å². The topological polar surface area (TPSA) is 21.3 Å². The van der Waals surface area contributed by atoms with E-state index in [2.05, 4.69) is 40.3 Å². The Morgan fingerprint density at radius 1 is 1.19 bits per heavy atom. The molecule has 4 heteroatoms. The average molecular weight is 369 g/mol. The first-order chi connectivity index (χ1) is 10.2. The number of hydrogen-bond acceptors (Lipinski definition) is 2. The molecule has 0 aliphatic rings. The fraction of sp³-hybridized carbons (Fsp3) is 0.294. The quantitative estimate of drug-likeness (QED) is 0.756. The second kappa shape index (κ2) is 7.83. The molecule has 0 saturated carbocycles.